The Morgan fingerprint density at radius 1 is 1.20 bits per heavy atom. The van der Waals surface area contributed by atoms with Crippen LogP contribution >= 0.6 is 0 Å². The number of nitrogens with zero attached hydrogens (tertiary/aromatic N) is 1. The zero-order valence-electron chi connectivity index (χ0n) is 9.73. The quantitative estimate of drug-likeness (QED) is 0.887. The van der Waals surface area contributed by atoms with E-state index in [4.69, 9.17) is 5.11 Å². The van der Waals surface area contributed by atoms with Crippen molar-refractivity contribution in [2.24, 2.45) is 0 Å². The molecule has 8 heteroatoms. The van der Waals surface area contributed by atoms with Gasteiger partial charge in [0.1, 0.15) is 5.82 Å². The number of aromatic nitrogens is 1. The second kappa shape index (κ2) is 4.80. The van der Waals surface area contributed by atoms with Crippen LogP contribution in [0.15, 0.2) is 30.5 Å². The summed E-state index contributed by atoms with van der Waals surface area (Å²) >= 11 is 0. The topological polar surface area (TPSA) is 79.3 Å². The minimum atomic E-state index is -5.02. The first-order valence-corrected chi connectivity index (χ1v) is 5.29. The Labute approximate surface area is 110 Å². The lowest BCUT2D eigenvalue weighted by Crippen LogP contribution is -2.30. The third kappa shape index (κ3) is 2.68. The maximum atomic E-state index is 12.2. The zero-order valence-corrected chi connectivity index (χ0v) is 9.73. The first-order valence-electron chi connectivity index (χ1n) is 5.29. The molecule has 0 aliphatic carbocycles. The van der Waals surface area contributed by atoms with Crippen LogP contribution in [0.25, 0.3) is 10.8 Å². The van der Waals surface area contributed by atoms with Crippen LogP contribution in [-0.2, 0) is 4.79 Å². The van der Waals surface area contributed by atoms with Gasteiger partial charge in [0.05, 0.1) is 5.56 Å². The molecule has 104 valence electrons. The lowest BCUT2D eigenvalue weighted by molar-refractivity contribution is -0.167. The number of aromatic carboxylic acids is 1. The van der Waals surface area contributed by atoms with Gasteiger partial charge < -0.3 is 10.4 Å². The molecule has 2 aromatic rings. The monoisotopic (exact) mass is 284 g/mol. The molecule has 5 nitrogen and oxygen atoms in total. The molecule has 0 spiro atoms. The van der Waals surface area contributed by atoms with Crippen molar-refractivity contribution in [1.82, 2.24) is 4.98 Å². The molecule has 1 heterocycles. The number of carboxylic acid groups (broad SMARTS) is 1. The van der Waals surface area contributed by atoms with E-state index in [9.17, 15) is 22.8 Å². The molecular formula is C12H7F3N2O3. The molecule has 0 saturated heterocycles. The van der Waals surface area contributed by atoms with Crippen molar-refractivity contribution in [2.75, 3.05) is 5.32 Å². The molecule has 1 aromatic carbocycles. The summed E-state index contributed by atoms with van der Waals surface area (Å²) in [7, 11) is 0. The predicted molar refractivity (Wildman–Crippen MR) is 63.4 cm³/mol. The van der Waals surface area contributed by atoms with Crippen LogP contribution in [0.4, 0.5) is 19.0 Å². The number of pyridine rings is 1. The molecule has 0 bridgehead atoms. The van der Waals surface area contributed by atoms with Crippen LogP contribution in [-0.4, -0.2) is 28.1 Å². The number of anilines is 1. The van der Waals surface area contributed by atoms with Crippen LogP contribution in [0.3, 0.4) is 0 Å². The molecule has 0 aliphatic rings. The van der Waals surface area contributed by atoms with Crippen molar-refractivity contribution in [1.29, 1.82) is 0 Å². The number of carbonyl (C=O) groups excluding carboxylic acids is 1. The highest BCUT2D eigenvalue weighted by atomic mass is 19.4. The minimum absolute atomic E-state index is 0.0169. The third-order valence-electron chi connectivity index (χ3n) is 2.50. The van der Waals surface area contributed by atoms with Gasteiger partial charge in [0.15, 0.2) is 0 Å². The molecule has 2 N–H and O–H groups in total. The Morgan fingerprint density at radius 3 is 2.50 bits per heavy atom. The minimum Gasteiger partial charge on any atom is -0.478 e. The summed E-state index contributed by atoms with van der Waals surface area (Å²) in [6, 6.07) is 5.22. The molecule has 0 unspecified atom stereocenters. The average molecular weight is 284 g/mol. The fourth-order valence-electron chi connectivity index (χ4n) is 1.59. The van der Waals surface area contributed by atoms with E-state index in [2.05, 4.69) is 4.98 Å². The van der Waals surface area contributed by atoms with Crippen LogP contribution in [0.5, 0.6) is 0 Å². The van der Waals surface area contributed by atoms with Gasteiger partial charge in [0.25, 0.3) is 0 Å². The van der Waals surface area contributed by atoms with Crippen molar-refractivity contribution in [2.45, 2.75) is 6.18 Å². The van der Waals surface area contributed by atoms with Gasteiger partial charge in [-0.15, -0.1) is 0 Å². The van der Waals surface area contributed by atoms with E-state index in [0.717, 1.165) is 0 Å². The van der Waals surface area contributed by atoms with Gasteiger partial charge in [-0.05, 0) is 29.7 Å². The van der Waals surface area contributed by atoms with Gasteiger partial charge in [-0.2, -0.15) is 13.2 Å². The second-order valence-electron chi connectivity index (χ2n) is 3.85. The number of benzene rings is 1. The normalized spacial score (nSPS) is 11.3. The molecule has 0 atom stereocenters. The van der Waals surface area contributed by atoms with E-state index >= 15 is 0 Å². The maximum Gasteiger partial charge on any atom is 0.471 e. The summed E-state index contributed by atoms with van der Waals surface area (Å²) in [5, 5.41) is 11.1. The third-order valence-corrected chi connectivity index (χ3v) is 2.50. The number of hydrogen-bond donors (Lipinski definition) is 2. The van der Waals surface area contributed by atoms with Gasteiger partial charge >= 0.3 is 18.1 Å². The molecule has 2 rings (SSSR count). The number of alkyl halides is 3. The smallest absolute Gasteiger partial charge is 0.471 e. The number of nitrogens with one attached hydrogen (secondary N) is 1. The summed E-state index contributed by atoms with van der Waals surface area (Å²) in [4.78, 5) is 25.3. The summed E-state index contributed by atoms with van der Waals surface area (Å²) < 4.78 is 36.6. The van der Waals surface area contributed by atoms with E-state index in [-0.39, 0.29) is 16.8 Å². The summed E-state index contributed by atoms with van der Waals surface area (Å²) in [6.45, 7) is 0. The first kappa shape index (κ1) is 13.8. The molecule has 20 heavy (non-hydrogen) atoms. The summed E-state index contributed by atoms with van der Waals surface area (Å²) in [6.07, 6.45) is -3.84. The maximum absolute atomic E-state index is 12.2. The first-order chi connectivity index (χ1) is 9.29. The second-order valence-corrected chi connectivity index (χ2v) is 3.85. The van der Waals surface area contributed by atoms with Crippen LogP contribution in [0, 0.1) is 0 Å². The van der Waals surface area contributed by atoms with E-state index in [1.54, 1.807) is 5.32 Å². The van der Waals surface area contributed by atoms with Crippen LogP contribution in [0.1, 0.15) is 10.4 Å². The molecular weight excluding hydrogens is 277 g/mol. The number of carboxylic acids is 1. The summed E-state index contributed by atoms with van der Waals surface area (Å²) in [5.41, 5.74) is -0.0169. The van der Waals surface area contributed by atoms with Gasteiger partial charge in [-0.25, -0.2) is 9.78 Å². The number of hydrogen-bond acceptors (Lipinski definition) is 3. The molecule has 0 fully saturated rings. The highest BCUT2D eigenvalue weighted by molar-refractivity contribution is 6.04. The molecule has 1 amide bonds. The average Bonchev–Trinajstić information content (AvgIpc) is 2.37. The molecule has 0 saturated carbocycles. The van der Waals surface area contributed by atoms with E-state index < -0.39 is 18.1 Å². The van der Waals surface area contributed by atoms with E-state index in [1.165, 1.54) is 30.5 Å². The SMILES string of the molecule is O=C(O)c1ccc2c(NC(=O)C(F)(F)F)nccc2c1. The number of amides is 1. The standard InChI is InChI=1S/C12H7F3N2O3/c13-12(14,15)11(20)17-9-8-2-1-7(10(18)19)5-6(8)3-4-16-9/h1-5H,(H,18,19)(H,16,17,20). The van der Waals surface area contributed by atoms with Gasteiger partial charge in [-0.1, -0.05) is 0 Å². The summed E-state index contributed by atoms with van der Waals surface area (Å²) in [5.74, 6) is -3.58. The number of fused-ring (bicyclic) bond motifs is 1. The number of carbonyl (C=O) groups is 2. The van der Waals surface area contributed by atoms with Crippen molar-refractivity contribution < 1.29 is 27.9 Å². The Hall–Kier alpha value is -2.64. The largest absolute Gasteiger partial charge is 0.478 e. The number of halogens is 3. The Bertz CT molecular complexity index is 698. The van der Waals surface area contributed by atoms with Crippen molar-refractivity contribution in [3.05, 3.63) is 36.0 Å². The van der Waals surface area contributed by atoms with Gasteiger partial charge in [-0.3, -0.25) is 4.79 Å². The van der Waals surface area contributed by atoms with Gasteiger partial charge in [0.2, 0.25) is 0 Å². The van der Waals surface area contributed by atoms with Crippen molar-refractivity contribution in [3.8, 4) is 0 Å². The van der Waals surface area contributed by atoms with Crippen LogP contribution < -0.4 is 5.32 Å². The highest BCUT2D eigenvalue weighted by Crippen LogP contribution is 2.24. The molecule has 1 aromatic heterocycles. The lowest BCUT2D eigenvalue weighted by Gasteiger charge is -2.09. The highest BCUT2D eigenvalue weighted by Gasteiger charge is 2.39. The van der Waals surface area contributed by atoms with Crippen LogP contribution in [0.2, 0.25) is 0 Å². The fraction of sp³-hybridized carbons (Fsp3) is 0.0833. The Kier molecular flexibility index (Phi) is 3.31. The molecule has 0 aliphatic heterocycles. The van der Waals surface area contributed by atoms with Crippen molar-refractivity contribution >= 4 is 28.5 Å². The van der Waals surface area contributed by atoms with Gasteiger partial charge in [0, 0.05) is 11.6 Å². The Balaban J connectivity index is 2.45. The fourth-order valence-corrected chi connectivity index (χ4v) is 1.59. The Morgan fingerprint density at radius 2 is 1.90 bits per heavy atom. The van der Waals surface area contributed by atoms with E-state index in [1.807, 2.05) is 0 Å². The van der Waals surface area contributed by atoms with E-state index in [0.29, 0.717) is 5.39 Å². The predicted octanol–water partition coefficient (Wildman–Crippen LogP) is 2.43. The zero-order chi connectivity index (χ0) is 14.9. The van der Waals surface area contributed by atoms with Crippen molar-refractivity contribution in [3.63, 3.8) is 0 Å². The molecule has 0 radical (unpaired) electrons. The number of rotatable bonds is 2. The lowest BCUT2D eigenvalue weighted by atomic mass is 10.1.